The fraction of sp³-hybridized carbons (Fsp3) is 0.667. The van der Waals surface area contributed by atoms with Crippen molar-refractivity contribution in [2.75, 3.05) is 14.2 Å². The summed E-state index contributed by atoms with van der Waals surface area (Å²) in [5.74, 6) is -2.14. The van der Waals surface area contributed by atoms with E-state index in [1.807, 2.05) is 0 Å². The predicted molar refractivity (Wildman–Crippen MR) is 44.0 cm³/mol. The van der Waals surface area contributed by atoms with E-state index in [0.29, 0.717) is 0 Å². The Morgan fingerprint density at radius 3 is 2.07 bits per heavy atom. The summed E-state index contributed by atoms with van der Waals surface area (Å²) in [6, 6.07) is 0. The molecule has 1 unspecified atom stereocenters. The summed E-state index contributed by atoms with van der Waals surface area (Å²) in [5.41, 5.74) is 0. The first-order chi connectivity index (χ1) is 6.32. The van der Waals surface area contributed by atoms with Crippen molar-refractivity contribution >= 4 is 22.1 Å². The Kier molecular flexibility index (Phi) is 4.51. The largest absolute Gasteiger partial charge is 0.469 e. The van der Waals surface area contributed by atoms with Crippen molar-refractivity contribution in [2.45, 2.75) is 11.7 Å². The van der Waals surface area contributed by atoms with Crippen molar-refractivity contribution < 1.29 is 32.0 Å². The molecule has 0 heterocycles. The highest BCUT2D eigenvalue weighted by Gasteiger charge is 2.34. The van der Waals surface area contributed by atoms with Crippen LogP contribution in [0.2, 0.25) is 0 Å². The van der Waals surface area contributed by atoms with Crippen LogP contribution < -0.4 is 0 Å². The van der Waals surface area contributed by atoms with Gasteiger partial charge in [0.1, 0.15) is 0 Å². The topological polar surface area (TPSA) is 107 Å². The number of esters is 2. The normalized spacial score (nSPS) is 13.1. The van der Waals surface area contributed by atoms with Crippen molar-refractivity contribution in [3.63, 3.8) is 0 Å². The lowest BCUT2D eigenvalue weighted by Gasteiger charge is -2.09. The van der Waals surface area contributed by atoms with Gasteiger partial charge in [0.25, 0.3) is 10.1 Å². The van der Waals surface area contributed by atoms with E-state index in [9.17, 15) is 18.0 Å². The van der Waals surface area contributed by atoms with Gasteiger partial charge in [-0.3, -0.25) is 14.1 Å². The highest BCUT2D eigenvalue weighted by molar-refractivity contribution is 7.87. The Morgan fingerprint density at radius 1 is 1.29 bits per heavy atom. The Balaban J connectivity index is 4.76. The summed E-state index contributed by atoms with van der Waals surface area (Å²) in [4.78, 5) is 21.5. The molecule has 0 fully saturated rings. The van der Waals surface area contributed by atoms with Crippen LogP contribution in [0.15, 0.2) is 0 Å². The molecule has 0 saturated carbocycles. The molecule has 0 aromatic carbocycles. The zero-order valence-electron chi connectivity index (χ0n) is 7.59. The zero-order valence-corrected chi connectivity index (χ0v) is 8.41. The Bertz CT molecular complexity index is 317. The van der Waals surface area contributed by atoms with Gasteiger partial charge in [0.2, 0.25) is 0 Å². The van der Waals surface area contributed by atoms with Gasteiger partial charge in [-0.1, -0.05) is 0 Å². The average Bonchev–Trinajstić information content (AvgIpc) is 2.10. The van der Waals surface area contributed by atoms with Crippen LogP contribution in [-0.4, -0.2) is 44.4 Å². The monoisotopic (exact) mass is 226 g/mol. The van der Waals surface area contributed by atoms with Gasteiger partial charge in [0, 0.05) is 0 Å². The maximum absolute atomic E-state index is 10.8. The Morgan fingerprint density at radius 2 is 1.79 bits per heavy atom. The molecule has 0 spiro atoms. The summed E-state index contributed by atoms with van der Waals surface area (Å²) >= 11 is 0. The highest BCUT2D eigenvalue weighted by atomic mass is 32.2. The SMILES string of the molecule is COC(=O)CC(C(=O)OC)S(=O)(=O)O. The van der Waals surface area contributed by atoms with E-state index in [1.165, 1.54) is 0 Å². The van der Waals surface area contributed by atoms with Gasteiger partial charge in [0.05, 0.1) is 20.6 Å². The number of rotatable bonds is 4. The average molecular weight is 226 g/mol. The van der Waals surface area contributed by atoms with Crippen LogP contribution in [0.4, 0.5) is 0 Å². The number of carbonyl (C=O) groups is 2. The van der Waals surface area contributed by atoms with Crippen molar-refractivity contribution in [3.8, 4) is 0 Å². The maximum atomic E-state index is 10.8. The number of hydrogen-bond acceptors (Lipinski definition) is 6. The van der Waals surface area contributed by atoms with Crippen LogP contribution in [0.3, 0.4) is 0 Å². The molecule has 0 bridgehead atoms. The van der Waals surface area contributed by atoms with Gasteiger partial charge in [-0.05, 0) is 0 Å². The lowest BCUT2D eigenvalue weighted by molar-refractivity contribution is -0.146. The number of carbonyl (C=O) groups excluding carboxylic acids is 2. The predicted octanol–water partition coefficient (Wildman–Crippen LogP) is -1.02. The molecule has 0 amide bonds. The minimum absolute atomic E-state index is 0.776. The molecule has 0 aliphatic rings. The number of methoxy groups -OCH3 is 2. The van der Waals surface area contributed by atoms with Gasteiger partial charge in [-0.2, -0.15) is 8.42 Å². The second kappa shape index (κ2) is 4.91. The summed E-state index contributed by atoms with van der Waals surface area (Å²) in [6.07, 6.45) is -0.776. The summed E-state index contributed by atoms with van der Waals surface area (Å²) in [6.45, 7) is 0. The maximum Gasteiger partial charge on any atom is 0.327 e. The van der Waals surface area contributed by atoms with Crippen LogP contribution >= 0.6 is 0 Å². The third kappa shape index (κ3) is 3.71. The van der Waals surface area contributed by atoms with Gasteiger partial charge in [-0.25, -0.2) is 0 Å². The molecule has 82 valence electrons. The van der Waals surface area contributed by atoms with Crippen LogP contribution in [0.5, 0.6) is 0 Å². The first kappa shape index (κ1) is 12.8. The molecule has 1 N–H and O–H groups in total. The molecular weight excluding hydrogens is 216 g/mol. The summed E-state index contributed by atoms with van der Waals surface area (Å²) in [5, 5.41) is -1.93. The van der Waals surface area contributed by atoms with E-state index in [-0.39, 0.29) is 0 Å². The van der Waals surface area contributed by atoms with E-state index >= 15 is 0 Å². The fourth-order valence-corrected chi connectivity index (χ4v) is 1.36. The lowest BCUT2D eigenvalue weighted by Crippen LogP contribution is -2.33. The zero-order chi connectivity index (χ0) is 11.4. The molecular formula is C6H10O7S. The van der Waals surface area contributed by atoms with Crippen LogP contribution in [0.1, 0.15) is 6.42 Å². The van der Waals surface area contributed by atoms with E-state index in [0.717, 1.165) is 14.2 Å². The third-order valence-electron chi connectivity index (χ3n) is 1.40. The van der Waals surface area contributed by atoms with Gasteiger partial charge in [0.15, 0.2) is 5.25 Å². The molecule has 0 aliphatic carbocycles. The van der Waals surface area contributed by atoms with Gasteiger partial charge >= 0.3 is 11.9 Å². The van der Waals surface area contributed by atoms with Crippen molar-refractivity contribution in [2.24, 2.45) is 0 Å². The van der Waals surface area contributed by atoms with E-state index in [1.54, 1.807) is 0 Å². The fourth-order valence-electron chi connectivity index (χ4n) is 0.676. The first-order valence-electron chi connectivity index (χ1n) is 3.44. The minimum Gasteiger partial charge on any atom is -0.469 e. The second-order valence-corrected chi connectivity index (χ2v) is 3.91. The van der Waals surface area contributed by atoms with Crippen molar-refractivity contribution in [3.05, 3.63) is 0 Å². The Labute approximate surface area is 80.7 Å². The third-order valence-corrected chi connectivity index (χ3v) is 2.48. The minimum atomic E-state index is -4.66. The lowest BCUT2D eigenvalue weighted by atomic mass is 10.3. The van der Waals surface area contributed by atoms with Crippen molar-refractivity contribution in [1.29, 1.82) is 0 Å². The highest BCUT2D eigenvalue weighted by Crippen LogP contribution is 2.07. The molecule has 0 aromatic rings. The molecule has 1 atom stereocenters. The molecule has 0 aliphatic heterocycles. The molecule has 0 aromatic heterocycles. The smallest absolute Gasteiger partial charge is 0.327 e. The number of hydrogen-bond donors (Lipinski definition) is 1. The second-order valence-electron chi connectivity index (χ2n) is 2.31. The Hall–Kier alpha value is -1.15. The quantitative estimate of drug-likeness (QED) is 0.482. The van der Waals surface area contributed by atoms with Crippen molar-refractivity contribution in [1.82, 2.24) is 0 Å². The number of ether oxygens (including phenoxy) is 2. The standard InChI is InChI=1S/C6H10O7S/c1-12-5(7)3-4(6(8)13-2)14(9,10)11/h4H,3H2,1-2H3,(H,9,10,11). The first-order valence-corrected chi connectivity index (χ1v) is 4.94. The molecule has 0 saturated heterocycles. The van der Waals surface area contributed by atoms with Gasteiger partial charge in [-0.15, -0.1) is 0 Å². The van der Waals surface area contributed by atoms with Crippen LogP contribution in [-0.2, 0) is 29.2 Å². The van der Waals surface area contributed by atoms with E-state index < -0.39 is 33.7 Å². The molecule has 8 heteroatoms. The van der Waals surface area contributed by atoms with Crippen LogP contribution in [0.25, 0.3) is 0 Å². The van der Waals surface area contributed by atoms with E-state index in [4.69, 9.17) is 4.55 Å². The van der Waals surface area contributed by atoms with Crippen LogP contribution in [0, 0.1) is 0 Å². The molecule has 7 nitrogen and oxygen atoms in total. The molecule has 0 rings (SSSR count). The van der Waals surface area contributed by atoms with Gasteiger partial charge < -0.3 is 9.47 Å². The molecule has 0 radical (unpaired) electrons. The summed E-state index contributed by atoms with van der Waals surface area (Å²) in [7, 11) is -2.69. The van der Waals surface area contributed by atoms with E-state index in [2.05, 4.69) is 9.47 Å². The summed E-state index contributed by atoms with van der Waals surface area (Å²) < 4.78 is 38.1. The molecule has 14 heavy (non-hydrogen) atoms.